The summed E-state index contributed by atoms with van der Waals surface area (Å²) in [6, 6.07) is 4.51. The number of aliphatic hydroxyl groups excluding tert-OH is 1. The molecule has 1 aliphatic rings. The summed E-state index contributed by atoms with van der Waals surface area (Å²) in [5.74, 6) is 0.00383. The van der Waals surface area contributed by atoms with E-state index < -0.39 is 0 Å². The van der Waals surface area contributed by atoms with Gasteiger partial charge in [-0.15, -0.1) is 0 Å². The van der Waals surface area contributed by atoms with Crippen molar-refractivity contribution in [2.24, 2.45) is 5.92 Å². The molecule has 104 valence electrons. The summed E-state index contributed by atoms with van der Waals surface area (Å²) in [4.78, 5) is 13.8. The third-order valence-electron chi connectivity index (χ3n) is 3.51. The number of hydrogen-bond donors (Lipinski definition) is 1. The summed E-state index contributed by atoms with van der Waals surface area (Å²) in [5.41, 5.74) is 0.811. The molecule has 2 rings (SSSR count). The lowest BCUT2D eigenvalue weighted by Gasteiger charge is -2.16. The molecule has 19 heavy (non-hydrogen) atoms. The first-order chi connectivity index (χ1) is 9.10. The number of benzene rings is 1. The number of aliphatic hydroxyl groups is 1. The van der Waals surface area contributed by atoms with Crippen LogP contribution in [0.4, 0.5) is 4.39 Å². The molecule has 1 atom stereocenters. The molecule has 1 saturated heterocycles. The third-order valence-corrected chi connectivity index (χ3v) is 4.29. The van der Waals surface area contributed by atoms with Crippen molar-refractivity contribution in [1.82, 2.24) is 4.90 Å². The number of amides is 1. The molecule has 0 aliphatic carbocycles. The van der Waals surface area contributed by atoms with Gasteiger partial charge in [-0.1, -0.05) is 15.9 Å². The lowest BCUT2D eigenvalue weighted by atomic mass is 10.1. The molecule has 3 nitrogen and oxygen atoms in total. The van der Waals surface area contributed by atoms with Gasteiger partial charge in [0.05, 0.1) is 0 Å². The Bertz CT molecular complexity index is 467. The van der Waals surface area contributed by atoms with E-state index in [-0.39, 0.29) is 24.2 Å². The van der Waals surface area contributed by atoms with Crippen LogP contribution in [0, 0.1) is 11.7 Å². The van der Waals surface area contributed by atoms with Crippen LogP contribution in [0.3, 0.4) is 0 Å². The van der Waals surface area contributed by atoms with Crippen molar-refractivity contribution in [1.29, 1.82) is 0 Å². The van der Waals surface area contributed by atoms with E-state index >= 15 is 0 Å². The molecular formula is C14H17BrFNO2. The monoisotopic (exact) mass is 329 g/mol. The van der Waals surface area contributed by atoms with E-state index in [0.717, 1.165) is 16.5 Å². The maximum atomic E-state index is 13.1. The number of halogens is 2. The second-order valence-corrected chi connectivity index (χ2v) is 5.77. The maximum absolute atomic E-state index is 13.1. The molecule has 0 saturated carbocycles. The first-order valence-electron chi connectivity index (χ1n) is 6.42. The Hall–Kier alpha value is -0.940. The van der Waals surface area contributed by atoms with Gasteiger partial charge in [0.1, 0.15) is 5.82 Å². The highest BCUT2D eigenvalue weighted by Gasteiger charge is 2.25. The van der Waals surface area contributed by atoms with Crippen molar-refractivity contribution in [3.05, 3.63) is 34.1 Å². The Morgan fingerprint density at radius 1 is 1.53 bits per heavy atom. The van der Waals surface area contributed by atoms with Crippen molar-refractivity contribution in [3.8, 4) is 0 Å². The number of hydrogen-bond acceptors (Lipinski definition) is 2. The van der Waals surface area contributed by atoms with Gasteiger partial charge in [-0.05, 0) is 36.6 Å². The predicted molar refractivity (Wildman–Crippen MR) is 74.2 cm³/mol. The molecule has 0 unspecified atom stereocenters. The molecule has 0 radical (unpaired) electrons. The summed E-state index contributed by atoms with van der Waals surface area (Å²) in [6.07, 6.45) is 1.77. The molecule has 1 heterocycles. The number of carbonyl (C=O) groups is 1. The molecule has 0 bridgehead atoms. The number of rotatable bonds is 4. The first kappa shape index (κ1) is 14.5. The minimum atomic E-state index is -0.285. The third kappa shape index (κ3) is 3.76. The highest BCUT2D eigenvalue weighted by atomic mass is 79.9. The van der Waals surface area contributed by atoms with E-state index in [4.69, 9.17) is 5.11 Å². The van der Waals surface area contributed by atoms with Crippen molar-refractivity contribution in [2.45, 2.75) is 19.3 Å². The summed E-state index contributed by atoms with van der Waals surface area (Å²) in [6.45, 7) is 1.49. The minimum absolute atomic E-state index is 0.0760. The Balaban J connectivity index is 1.88. The van der Waals surface area contributed by atoms with Crippen LogP contribution in [0.15, 0.2) is 22.7 Å². The van der Waals surface area contributed by atoms with Crippen molar-refractivity contribution < 1.29 is 14.3 Å². The van der Waals surface area contributed by atoms with Crippen LogP contribution in [0.25, 0.3) is 0 Å². The van der Waals surface area contributed by atoms with Gasteiger partial charge in [0.25, 0.3) is 0 Å². The predicted octanol–water partition coefficient (Wildman–Crippen LogP) is 2.36. The molecular weight excluding hydrogens is 313 g/mol. The fraction of sp³-hybridized carbons (Fsp3) is 0.500. The van der Waals surface area contributed by atoms with E-state index in [0.29, 0.717) is 25.9 Å². The molecule has 1 N–H and O–H groups in total. The van der Waals surface area contributed by atoms with Crippen LogP contribution in [-0.2, 0) is 11.2 Å². The van der Waals surface area contributed by atoms with Crippen LogP contribution < -0.4 is 0 Å². The first-order valence-corrected chi connectivity index (χ1v) is 7.22. The SMILES string of the molecule is O=C(CCc1cc(F)ccc1Br)N1CC[C@@H](CO)C1. The zero-order chi connectivity index (χ0) is 13.8. The zero-order valence-corrected chi connectivity index (χ0v) is 12.2. The normalized spacial score (nSPS) is 18.9. The summed E-state index contributed by atoms with van der Waals surface area (Å²) in [5, 5.41) is 9.05. The lowest BCUT2D eigenvalue weighted by molar-refractivity contribution is -0.130. The number of likely N-dealkylation sites (tertiary alicyclic amines) is 1. The number of aryl methyl sites for hydroxylation is 1. The number of nitrogens with zero attached hydrogens (tertiary/aromatic N) is 1. The highest BCUT2D eigenvalue weighted by Crippen LogP contribution is 2.21. The summed E-state index contributed by atoms with van der Waals surface area (Å²) >= 11 is 3.36. The smallest absolute Gasteiger partial charge is 0.222 e. The molecule has 1 aliphatic heterocycles. The molecule has 0 aromatic heterocycles. The minimum Gasteiger partial charge on any atom is -0.396 e. The van der Waals surface area contributed by atoms with E-state index in [1.54, 1.807) is 11.0 Å². The fourth-order valence-electron chi connectivity index (χ4n) is 2.34. The van der Waals surface area contributed by atoms with Crippen molar-refractivity contribution in [2.75, 3.05) is 19.7 Å². The Morgan fingerprint density at radius 2 is 2.32 bits per heavy atom. The van der Waals surface area contributed by atoms with Crippen LogP contribution in [0.2, 0.25) is 0 Å². The zero-order valence-electron chi connectivity index (χ0n) is 10.6. The average molecular weight is 330 g/mol. The largest absolute Gasteiger partial charge is 0.396 e. The van der Waals surface area contributed by atoms with E-state index in [2.05, 4.69) is 15.9 Å². The molecule has 5 heteroatoms. The van der Waals surface area contributed by atoms with Gasteiger partial charge in [-0.2, -0.15) is 0 Å². The number of carbonyl (C=O) groups excluding carboxylic acids is 1. The highest BCUT2D eigenvalue weighted by molar-refractivity contribution is 9.10. The maximum Gasteiger partial charge on any atom is 0.222 e. The molecule has 1 amide bonds. The van der Waals surface area contributed by atoms with Gasteiger partial charge in [0, 0.05) is 36.5 Å². The summed E-state index contributed by atoms with van der Waals surface area (Å²) < 4.78 is 14.0. The van der Waals surface area contributed by atoms with Crippen LogP contribution in [0.5, 0.6) is 0 Å². The Kier molecular flexibility index (Phi) is 4.93. The topological polar surface area (TPSA) is 40.5 Å². The molecule has 0 spiro atoms. The average Bonchev–Trinajstić information content (AvgIpc) is 2.88. The van der Waals surface area contributed by atoms with E-state index in [1.165, 1.54) is 12.1 Å². The standard InChI is InChI=1S/C14H17BrFNO2/c15-13-3-2-12(16)7-11(13)1-4-14(19)17-6-5-10(8-17)9-18/h2-3,7,10,18H,1,4-6,8-9H2/t10-/m1/s1. The van der Waals surface area contributed by atoms with Crippen LogP contribution >= 0.6 is 15.9 Å². The Morgan fingerprint density at radius 3 is 3.00 bits per heavy atom. The van der Waals surface area contributed by atoms with Crippen LogP contribution in [-0.4, -0.2) is 35.6 Å². The molecule has 1 aromatic rings. The van der Waals surface area contributed by atoms with Crippen molar-refractivity contribution in [3.63, 3.8) is 0 Å². The molecule has 1 fully saturated rings. The van der Waals surface area contributed by atoms with Crippen LogP contribution in [0.1, 0.15) is 18.4 Å². The summed E-state index contributed by atoms with van der Waals surface area (Å²) in [7, 11) is 0. The molecule has 1 aromatic carbocycles. The van der Waals surface area contributed by atoms with E-state index in [9.17, 15) is 9.18 Å². The van der Waals surface area contributed by atoms with Crippen molar-refractivity contribution >= 4 is 21.8 Å². The second kappa shape index (κ2) is 6.48. The van der Waals surface area contributed by atoms with Gasteiger partial charge in [-0.3, -0.25) is 4.79 Å². The van der Waals surface area contributed by atoms with E-state index in [1.807, 2.05) is 0 Å². The van der Waals surface area contributed by atoms with Gasteiger partial charge in [0.15, 0.2) is 0 Å². The lowest BCUT2D eigenvalue weighted by Crippen LogP contribution is -2.29. The second-order valence-electron chi connectivity index (χ2n) is 4.91. The van der Waals surface area contributed by atoms with Gasteiger partial charge >= 0.3 is 0 Å². The van der Waals surface area contributed by atoms with Gasteiger partial charge in [-0.25, -0.2) is 4.39 Å². The van der Waals surface area contributed by atoms with Gasteiger partial charge < -0.3 is 10.0 Å². The Labute approximate surface area is 120 Å². The quantitative estimate of drug-likeness (QED) is 0.921. The fourth-order valence-corrected chi connectivity index (χ4v) is 2.79. The van der Waals surface area contributed by atoms with Gasteiger partial charge in [0.2, 0.25) is 5.91 Å².